The topological polar surface area (TPSA) is 92.2 Å². The van der Waals surface area contributed by atoms with E-state index in [9.17, 15) is 0 Å². The third-order valence-electron chi connectivity index (χ3n) is 11.1. The maximum atomic E-state index is 8.49. The van der Waals surface area contributed by atoms with Crippen molar-refractivity contribution >= 4 is 39.2 Å². The number of allylic oxidation sites excluding steroid dienone is 12. The minimum atomic E-state index is -4.94. The largest absolute Gasteiger partial charge is 0.239 e. The average Bonchev–Trinajstić information content (AvgIpc) is 3.85. The molecule has 1 aromatic heterocycles. The van der Waals surface area contributed by atoms with Gasteiger partial charge in [0.2, 0.25) is 21.1 Å². The van der Waals surface area contributed by atoms with E-state index in [-0.39, 0.29) is 5.41 Å². The van der Waals surface area contributed by atoms with Crippen LogP contribution in [0.25, 0.3) is 37.6 Å². The van der Waals surface area contributed by atoms with Gasteiger partial charge in [0.1, 0.15) is 0 Å². The maximum Gasteiger partial charge on any atom is 0.239 e. The van der Waals surface area contributed by atoms with Crippen molar-refractivity contribution in [2.75, 3.05) is 0 Å². The Labute approximate surface area is 358 Å². The lowest BCUT2D eigenvalue weighted by Crippen LogP contribution is -2.68. The first-order chi connectivity index (χ1) is 28.5. The molecule has 0 fully saturated rings. The number of thioether (sulfide) groups is 1. The summed E-state index contributed by atoms with van der Waals surface area (Å²) in [5.74, 6) is 0. The van der Waals surface area contributed by atoms with Crippen molar-refractivity contribution in [3.05, 3.63) is 213 Å². The van der Waals surface area contributed by atoms with Gasteiger partial charge in [-0.15, -0.1) is 10.2 Å². The smallest absolute Gasteiger partial charge is 0.222 e. The summed E-state index contributed by atoms with van der Waals surface area (Å²) < 4.78 is 34.0. The van der Waals surface area contributed by atoms with Gasteiger partial charge in [-0.2, -0.15) is 0 Å². The van der Waals surface area contributed by atoms with E-state index in [2.05, 4.69) is 178 Å². The number of hydrogen-bond acceptors (Lipinski definition) is 5. The van der Waals surface area contributed by atoms with Crippen molar-refractivity contribution in [3.63, 3.8) is 0 Å². The second kappa shape index (κ2) is 17.8. The van der Waals surface area contributed by atoms with Gasteiger partial charge in [-0.1, -0.05) is 165 Å². The Morgan fingerprint density at radius 2 is 1.22 bits per heavy atom. The van der Waals surface area contributed by atoms with Gasteiger partial charge in [-0.25, -0.2) is 18.6 Å². The van der Waals surface area contributed by atoms with Crippen LogP contribution in [0.5, 0.6) is 0 Å². The molecule has 59 heavy (non-hydrogen) atoms. The number of halogens is 1. The first-order valence-corrected chi connectivity index (χ1v) is 22.8. The van der Waals surface area contributed by atoms with E-state index in [1.165, 1.54) is 86.4 Å². The highest BCUT2D eigenvalue weighted by atomic mass is 35.7. The summed E-state index contributed by atoms with van der Waals surface area (Å²) >= 11 is 3.92. The Morgan fingerprint density at radius 3 is 1.86 bits per heavy atom. The number of hydrogen-bond donors (Lipinski definition) is 0. The standard InChI is InChI=1S/C52H45S2.ClHO4/c1-52(2)34-36(23-25-42-27-29-44-46(38-15-7-3-8-16-38)32-48(53-50(42)44)40-19-11-5-12-20-40)31-37(35-52)24-26-43-28-30-45-47(39-17-9-4-10-18-39)33-49(54-51(43)45)41-21-13-6-14-22-41;2-1(3,4)5/h3-26,31-33H,27-30,34-35H2,1-2H3;(H,2,3,4,5)/q+1;/p-1. The number of fused-ring (bicyclic) bond motifs is 2. The maximum absolute atomic E-state index is 8.49. The first kappa shape index (κ1) is 40.9. The molecule has 9 rings (SSSR count). The molecule has 0 saturated heterocycles. The van der Waals surface area contributed by atoms with Crippen molar-refractivity contribution in [3.8, 4) is 21.6 Å². The van der Waals surface area contributed by atoms with Gasteiger partial charge in [0, 0.05) is 32.6 Å². The highest BCUT2D eigenvalue weighted by Crippen LogP contribution is 2.53. The molecule has 1 aliphatic heterocycles. The van der Waals surface area contributed by atoms with Crippen LogP contribution in [0.2, 0.25) is 0 Å². The predicted molar refractivity (Wildman–Crippen MR) is 236 cm³/mol. The molecule has 5 aromatic rings. The van der Waals surface area contributed by atoms with Gasteiger partial charge in [-0.3, -0.25) is 0 Å². The zero-order valence-electron chi connectivity index (χ0n) is 33.2. The summed E-state index contributed by atoms with van der Waals surface area (Å²) in [4.78, 5) is 5.57. The highest BCUT2D eigenvalue weighted by molar-refractivity contribution is 8.12. The van der Waals surface area contributed by atoms with E-state index in [1.54, 1.807) is 0 Å². The average molecular weight is 834 g/mol. The molecule has 0 atom stereocenters. The Hall–Kier alpha value is -4.89. The van der Waals surface area contributed by atoms with Gasteiger partial charge in [0.15, 0.2) is 0 Å². The fourth-order valence-corrected chi connectivity index (χ4v) is 11.1. The monoisotopic (exact) mass is 832 g/mol. The lowest BCUT2D eigenvalue weighted by Gasteiger charge is -2.30. The van der Waals surface area contributed by atoms with Crippen molar-refractivity contribution in [2.24, 2.45) is 5.41 Å². The van der Waals surface area contributed by atoms with Gasteiger partial charge in [0.05, 0.1) is 0 Å². The zero-order chi connectivity index (χ0) is 41.0. The Morgan fingerprint density at radius 1 is 0.627 bits per heavy atom. The molecule has 2 heterocycles. The molecule has 0 amide bonds. The molecule has 0 saturated carbocycles. The van der Waals surface area contributed by atoms with Crippen LogP contribution in [-0.4, -0.2) is 0 Å². The molecule has 0 radical (unpaired) electrons. The molecule has 0 spiro atoms. The Bertz CT molecular complexity index is 2550. The quantitative estimate of drug-likeness (QED) is 0.152. The van der Waals surface area contributed by atoms with E-state index < -0.39 is 10.2 Å². The fourth-order valence-electron chi connectivity index (χ4n) is 8.54. The second-order valence-corrected chi connectivity index (χ2v) is 18.9. The molecule has 4 aromatic carbocycles. The predicted octanol–water partition coefficient (Wildman–Crippen LogP) is 10.5. The minimum Gasteiger partial charge on any atom is -0.222 e. The molecule has 0 bridgehead atoms. The van der Waals surface area contributed by atoms with Gasteiger partial charge < -0.3 is 0 Å². The van der Waals surface area contributed by atoms with E-state index in [0.717, 1.165) is 38.5 Å². The highest BCUT2D eigenvalue weighted by Gasteiger charge is 2.32. The summed E-state index contributed by atoms with van der Waals surface area (Å²) in [5, 5.41) is 0. The lowest BCUT2D eigenvalue weighted by atomic mass is 9.75. The second-order valence-electron chi connectivity index (χ2n) is 16.0. The lowest BCUT2D eigenvalue weighted by molar-refractivity contribution is -2.00. The SMILES string of the molecule is CC1(C)CC(/C=C/C2=C3SC(c4ccccc4)=CC(c4ccccc4)=C3CC2)=CC(=C/C=C2\CCc3c(-c4ccccc4)cc(-c4ccccc4)[s+]c32)/C1.[O-][Cl+3]([O-])([O-])[O-]. The summed E-state index contributed by atoms with van der Waals surface area (Å²) in [5.41, 5.74) is 16.9. The number of rotatable bonds is 7. The molecule has 3 aliphatic carbocycles. The molecular weight excluding hydrogens is 788 g/mol. The van der Waals surface area contributed by atoms with Crippen molar-refractivity contribution in [2.45, 2.75) is 52.4 Å². The molecule has 0 unspecified atom stereocenters. The van der Waals surface area contributed by atoms with Gasteiger partial charge >= 0.3 is 0 Å². The summed E-state index contributed by atoms with van der Waals surface area (Å²) in [7, 11) is -4.94. The molecule has 4 nitrogen and oxygen atoms in total. The van der Waals surface area contributed by atoms with Crippen LogP contribution in [0.15, 0.2) is 191 Å². The van der Waals surface area contributed by atoms with Crippen molar-refractivity contribution in [1.29, 1.82) is 0 Å². The van der Waals surface area contributed by atoms with Crippen LogP contribution in [0, 0.1) is 15.7 Å². The van der Waals surface area contributed by atoms with E-state index in [0.29, 0.717) is 0 Å². The Kier molecular flexibility index (Phi) is 12.3. The molecule has 296 valence electrons. The van der Waals surface area contributed by atoms with Crippen LogP contribution < -0.4 is 18.6 Å². The molecule has 7 heteroatoms. The van der Waals surface area contributed by atoms with Crippen LogP contribution >= 0.6 is 23.1 Å². The third kappa shape index (κ3) is 10.1. The van der Waals surface area contributed by atoms with Crippen LogP contribution in [0.4, 0.5) is 0 Å². The summed E-state index contributed by atoms with van der Waals surface area (Å²) in [6.45, 7) is 4.86. The summed E-state index contributed by atoms with van der Waals surface area (Å²) in [6.07, 6.45) is 21.2. The minimum absolute atomic E-state index is 0.206. The van der Waals surface area contributed by atoms with Crippen LogP contribution in [0.3, 0.4) is 0 Å². The normalized spacial score (nSPS) is 18.7. The van der Waals surface area contributed by atoms with Crippen LogP contribution in [0.1, 0.15) is 67.5 Å². The Balaban J connectivity index is 0.000000915. The van der Waals surface area contributed by atoms with Gasteiger partial charge in [-0.05, 0) is 112 Å². The zero-order valence-corrected chi connectivity index (χ0v) is 35.5. The van der Waals surface area contributed by atoms with E-state index >= 15 is 0 Å². The first-order valence-electron chi connectivity index (χ1n) is 20.0. The molecule has 4 aliphatic rings. The molecule has 0 N–H and O–H groups in total. The van der Waals surface area contributed by atoms with E-state index in [4.69, 9.17) is 18.6 Å². The number of benzene rings is 4. The summed E-state index contributed by atoms with van der Waals surface area (Å²) in [6, 6.07) is 46.1. The molecular formula is C52H45ClO4S2. The van der Waals surface area contributed by atoms with Crippen molar-refractivity contribution < 1.29 is 28.9 Å². The van der Waals surface area contributed by atoms with Crippen LogP contribution in [-0.2, 0) is 6.42 Å². The fraction of sp³-hybridized carbons (Fsp3) is 0.173. The van der Waals surface area contributed by atoms with Gasteiger partial charge in [0.25, 0.3) is 0 Å². The third-order valence-corrected chi connectivity index (χ3v) is 13.6. The van der Waals surface area contributed by atoms with Crippen molar-refractivity contribution in [1.82, 2.24) is 0 Å². The van der Waals surface area contributed by atoms with E-state index in [1.807, 2.05) is 23.1 Å².